The maximum Gasteiger partial charge on any atom is 0.206 e. The molecule has 0 bridgehead atoms. The Kier molecular flexibility index (Phi) is 4.23. The molecule has 4 rings (SSSR count). The highest BCUT2D eigenvalue weighted by Gasteiger charge is 2.37. The molecule has 0 unspecified atom stereocenters. The van der Waals surface area contributed by atoms with Crippen LogP contribution in [0.15, 0.2) is 46.2 Å². The molecule has 1 fully saturated rings. The number of likely N-dealkylation sites (N-methyl/N-ethyl adjacent to an activating group) is 1. The number of halogens is 2. The van der Waals surface area contributed by atoms with Gasteiger partial charge in [0.15, 0.2) is 11.6 Å². The Morgan fingerprint density at radius 3 is 2.46 bits per heavy atom. The van der Waals surface area contributed by atoms with E-state index in [9.17, 15) is 17.2 Å². The van der Waals surface area contributed by atoms with Crippen LogP contribution >= 0.6 is 0 Å². The van der Waals surface area contributed by atoms with Crippen LogP contribution in [0.5, 0.6) is 0 Å². The quantitative estimate of drug-likeness (QED) is 0.816. The Labute approximate surface area is 151 Å². The lowest BCUT2D eigenvalue weighted by molar-refractivity contribution is 0.504. The minimum atomic E-state index is -3.91. The lowest BCUT2D eigenvalue weighted by atomic mass is 9.91. The van der Waals surface area contributed by atoms with Gasteiger partial charge in [0, 0.05) is 24.7 Å². The van der Waals surface area contributed by atoms with Gasteiger partial charge in [-0.2, -0.15) is 0 Å². The summed E-state index contributed by atoms with van der Waals surface area (Å²) < 4.78 is 52.4. The second-order valence-corrected chi connectivity index (χ2v) is 8.86. The first-order valence-electron chi connectivity index (χ1n) is 8.67. The third-order valence-corrected chi connectivity index (χ3v) is 7.25. The van der Waals surface area contributed by atoms with E-state index in [0.717, 1.165) is 55.4 Å². The van der Waals surface area contributed by atoms with Crippen molar-refractivity contribution < 1.29 is 17.2 Å². The summed E-state index contributed by atoms with van der Waals surface area (Å²) in [5.41, 5.74) is 2.07. The summed E-state index contributed by atoms with van der Waals surface area (Å²) in [6.45, 7) is 1.84. The number of anilines is 1. The van der Waals surface area contributed by atoms with Crippen LogP contribution in [0.2, 0.25) is 0 Å². The molecule has 2 aromatic rings. The summed E-state index contributed by atoms with van der Waals surface area (Å²) >= 11 is 0. The van der Waals surface area contributed by atoms with E-state index >= 15 is 0 Å². The fraction of sp³-hybridized carbons (Fsp3) is 0.368. The molecule has 1 saturated heterocycles. The van der Waals surface area contributed by atoms with Gasteiger partial charge >= 0.3 is 0 Å². The molecule has 0 spiro atoms. The normalized spacial score (nSPS) is 22.7. The largest absolute Gasteiger partial charge is 0.371 e. The van der Waals surface area contributed by atoms with Crippen LogP contribution in [0.1, 0.15) is 24.3 Å². The number of hydrogen-bond donors (Lipinski definition) is 1. The summed E-state index contributed by atoms with van der Waals surface area (Å²) in [7, 11) is -1.87. The van der Waals surface area contributed by atoms with E-state index in [-0.39, 0.29) is 15.7 Å². The number of nitrogens with zero attached hydrogens (tertiary/aromatic N) is 1. The predicted octanol–water partition coefficient (Wildman–Crippen LogP) is 3.08. The summed E-state index contributed by atoms with van der Waals surface area (Å²) in [6.07, 6.45) is 1.94. The van der Waals surface area contributed by atoms with Crippen LogP contribution in [0.25, 0.3) is 0 Å². The Balaban J connectivity index is 1.78. The zero-order chi connectivity index (χ0) is 18.5. The molecule has 2 atom stereocenters. The van der Waals surface area contributed by atoms with Crippen LogP contribution in [-0.4, -0.2) is 34.6 Å². The first-order chi connectivity index (χ1) is 12.4. The fourth-order valence-electron chi connectivity index (χ4n) is 4.13. The topological polar surface area (TPSA) is 49.4 Å². The number of rotatable bonds is 2. The summed E-state index contributed by atoms with van der Waals surface area (Å²) in [5, 5.41) is 3.39. The van der Waals surface area contributed by atoms with Crippen molar-refractivity contribution in [2.45, 2.75) is 34.6 Å². The molecule has 7 heteroatoms. The monoisotopic (exact) mass is 378 g/mol. The number of hydrogen-bond acceptors (Lipinski definition) is 4. The molecule has 2 aromatic carbocycles. The average molecular weight is 378 g/mol. The first-order valence-corrected chi connectivity index (χ1v) is 10.2. The summed E-state index contributed by atoms with van der Waals surface area (Å²) in [4.78, 5) is 2.11. The van der Waals surface area contributed by atoms with E-state index in [1.807, 2.05) is 13.1 Å². The molecular weight excluding hydrogens is 358 g/mol. The molecule has 0 aromatic heterocycles. The SMILES string of the molecule is CN1c2ccc(S(=O)(=O)c3ccc(F)c(F)c3)cc2[C@@H]2CCNCC[C@@H]21. The highest BCUT2D eigenvalue weighted by Crippen LogP contribution is 2.44. The molecule has 0 aliphatic carbocycles. The van der Waals surface area contributed by atoms with Gasteiger partial charge in [-0.25, -0.2) is 17.2 Å². The van der Waals surface area contributed by atoms with E-state index in [1.54, 1.807) is 12.1 Å². The van der Waals surface area contributed by atoms with E-state index in [2.05, 4.69) is 10.2 Å². The number of nitrogens with one attached hydrogen (secondary N) is 1. The van der Waals surface area contributed by atoms with Crippen molar-refractivity contribution in [3.63, 3.8) is 0 Å². The van der Waals surface area contributed by atoms with Crippen LogP contribution < -0.4 is 10.2 Å². The van der Waals surface area contributed by atoms with E-state index in [0.29, 0.717) is 6.04 Å². The summed E-state index contributed by atoms with van der Waals surface area (Å²) in [5.74, 6) is -1.96. The van der Waals surface area contributed by atoms with Gasteiger partial charge in [-0.05, 0) is 67.9 Å². The van der Waals surface area contributed by atoms with Gasteiger partial charge in [0.1, 0.15) is 0 Å². The molecule has 2 heterocycles. The van der Waals surface area contributed by atoms with Gasteiger partial charge in [0.2, 0.25) is 9.84 Å². The van der Waals surface area contributed by atoms with Crippen LogP contribution in [0, 0.1) is 11.6 Å². The number of sulfone groups is 1. The predicted molar refractivity (Wildman–Crippen MR) is 95.3 cm³/mol. The molecule has 26 heavy (non-hydrogen) atoms. The van der Waals surface area contributed by atoms with Gasteiger partial charge in [-0.3, -0.25) is 0 Å². The van der Waals surface area contributed by atoms with Crippen LogP contribution in [-0.2, 0) is 9.84 Å². The molecule has 1 N–H and O–H groups in total. The van der Waals surface area contributed by atoms with Gasteiger partial charge in [-0.15, -0.1) is 0 Å². The third-order valence-electron chi connectivity index (χ3n) is 5.50. The summed E-state index contributed by atoms with van der Waals surface area (Å²) in [6, 6.07) is 8.11. The molecule has 4 nitrogen and oxygen atoms in total. The Hall–Kier alpha value is -1.99. The number of benzene rings is 2. The van der Waals surface area contributed by atoms with E-state index in [4.69, 9.17) is 0 Å². The van der Waals surface area contributed by atoms with Crippen molar-refractivity contribution in [3.05, 3.63) is 53.6 Å². The van der Waals surface area contributed by atoms with Crippen molar-refractivity contribution in [2.75, 3.05) is 25.0 Å². The van der Waals surface area contributed by atoms with Crippen LogP contribution in [0.3, 0.4) is 0 Å². The van der Waals surface area contributed by atoms with Crippen molar-refractivity contribution in [1.29, 1.82) is 0 Å². The third kappa shape index (κ3) is 2.70. The Bertz CT molecular complexity index is 962. The van der Waals surface area contributed by atoms with Gasteiger partial charge < -0.3 is 10.2 Å². The molecule has 138 valence electrons. The van der Waals surface area contributed by atoms with E-state index < -0.39 is 21.5 Å². The zero-order valence-electron chi connectivity index (χ0n) is 14.4. The molecular formula is C19H20F2N2O2S. The van der Waals surface area contributed by atoms with E-state index in [1.165, 1.54) is 0 Å². The minimum Gasteiger partial charge on any atom is -0.371 e. The molecule has 0 amide bonds. The smallest absolute Gasteiger partial charge is 0.206 e. The average Bonchev–Trinajstić information content (AvgIpc) is 2.79. The fourth-order valence-corrected chi connectivity index (χ4v) is 5.44. The molecule has 2 aliphatic rings. The molecule has 0 saturated carbocycles. The lowest BCUT2D eigenvalue weighted by Crippen LogP contribution is -2.30. The van der Waals surface area contributed by atoms with Crippen molar-refractivity contribution >= 4 is 15.5 Å². The van der Waals surface area contributed by atoms with Gasteiger partial charge in [0.25, 0.3) is 0 Å². The van der Waals surface area contributed by atoms with Crippen molar-refractivity contribution in [1.82, 2.24) is 5.32 Å². The standard InChI is InChI=1S/C19H20F2N2O2S/c1-23-18-5-3-12(10-15(18)14-6-8-22-9-7-19(14)23)26(24,25)13-2-4-16(20)17(21)11-13/h2-5,10-11,14,19,22H,6-9H2,1H3/t14-,19-/m0/s1. The van der Waals surface area contributed by atoms with Gasteiger partial charge in [-0.1, -0.05) is 0 Å². The molecule has 2 aliphatic heterocycles. The molecule has 0 radical (unpaired) electrons. The first kappa shape index (κ1) is 17.4. The second kappa shape index (κ2) is 6.32. The maximum absolute atomic E-state index is 13.5. The highest BCUT2D eigenvalue weighted by atomic mass is 32.2. The maximum atomic E-state index is 13.5. The second-order valence-electron chi connectivity index (χ2n) is 6.91. The van der Waals surface area contributed by atoms with Crippen molar-refractivity contribution in [3.8, 4) is 0 Å². The van der Waals surface area contributed by atoms with Crippen molar-refractivity contribution in [2.24, 2.45) is 0 Å². The van der Waals surface area contributed by atoms with Gasteiger partial charge in [0.05, 0.1) is 9.79 Å². The Morgan fingerprint density at radius 2 is 1.69 bits per heavy atom. The minimum absolute atomic E-state index is 0.119. The lowest BCUT2D eigenvalue weighted by Gasteiger charge is -2.24. The van der Waals surface area contributed by atoms with Crippen LogP contribution in [0.4, 0.5) is 14.5 Å². The Morgan fingerprint density at radius 1 is 1.00 bits per heavy atom. The number of fused-ring (bicyclic) bond motifs is 3. The highest BCUT2D eigenvalue weighted by molar-refractivity contribution is 7.91. The zero-order valence-corrected chi connectivity index (χ0v) is 15.2.